The number of ketones is 1. The smallest absolute Gasteiger partial charge is 0.224 e. The summed E-state index contributed by atoms with van der Waals surface area (Å²) in [6.07, 6.45) is 4.21. The van der Waals surface area contributed by atoms with Crippen LogP contribution in [0.25, 0.3) is 16.9 Å². The quantitative estimate of drug-likeness (QED) is 0.346. The van der Waals surface area contributed by atoms with Crippen LogP contribution in [0, 0.1) is 0 Å². The molecule has 4 aromatic rings. The monoisotopic (exact) mass is 424 g/mol. The standard InChI is InChI=1S/C21H17ClN4O2S/c22-9-2-7-19(27)25-15-5-1-4-14(12-15)17-8-10-23-21-16(13-24-26(17)21)20(28)18-6-3-11-29-18/h1,3-6,8,10-13H,2,7,9H2,(H,25,27). The molecule has 6 nitrogen and oxygen atoms in total. The van der Waals surface area contributed by atoms with Crippen molar-refractivity contribution in [3.8, 4) is 11.3 Å². The molecule has 4 rings (SSSR count). The summed E-state index contributed by atoms with van der Waals surface area (Å²) in [5.74, 6) is 0.277. The highest BCUT2D eigenvalue weighted by molar-refractivity contribution is 7.12. The van der Waals surface area contributed by atoms with Gasteiger partial charge in [-0.25, -0.2) is 9.50 Å². The first kappa shape index (κ1) is 19.3. The van der Waals surface area contributed by atoms with Gasteiger partial charge in [0, 0.05) is 29.7 Å². The van der Waals surface area contributed by atoms with E-state index in [0.29, 0.717) is 40.5 Å². The Morgan fingerprint density at radius 3 is 2.86 bits per heavy atom. The van der Waals surface area contributed by atoms with E-state index in [1.54, 1.807) is 23.0 Å². The number of hydrogen-bond donors (Lipinski definition) is 1. The number of alkyl halides is 1. The van der Waals surface area contributed by atoms with E-state index in [2.05, 4.69) is 15.4 Å². The molecule has 3 aromatic heterocycles. The molecule has 0 saturated carbocycles. The Kier molecular flexibility index (Phi) is 5.69. The molecule has 0 radical (unpaired) electrons. The number of nitrogens with one attached hydrogen (secondary N) is 1. The fraction of sp³-hybridized carbons (Fsp3) is 0.143. The minimum absolute atomic E-state index is 0.0782. The number of carbonyl (C=O) groups is 2. The van der Waals surface area contributed by atoms with E-state index < -0.39 is 0 Å². The van der Waals surface area contributed by atoms with Crippen molar-refractivity contribution < 1.29 is 9.59 Å². The Balaban J connectivity index is 1.67. The predicted octanol–water partition coefficient (Wildman–Crippen LogP) is 4.65. The summed E-state index contributed by atoms with van der Waals surface area (Å²) in [5, 5.41) is 9.14. The molecule has 0 spiro atoms. The van der Waals surface area contributed by atoms with Crippen molar-refractivity contribution in [1.29, 1.82) is 0 Å². The zero-order valence-corrected chi connectivity index (χ0v) is 16.9. The second-order valence-corrected chi connectivity index (χ2v) is 7.68. The molecule has 0 aliphatic heterocycles. The Morgan fingerprint density at radius 1 is 1.17 bits per heavy atom. The molecule has 146 valence electrons. The number of benzene rings is 1. The van der Waals surface area contributed by atoms with E-state index in [-0.39, 0.29) is 11.7 Å². The zero-order chi connectivity index (χ0) is 20.2. The fourth-order valence-electron chi connectivity index (χ4n) is 3.02. The second kappa shape index (κ2) is 8.55. The van der Waals surface area contributed by atoms with Crippen molar-refractivity contribution in [3.05, 3.63) is 70.7 Å². The van der Waals surface area contributed by atoms with Crippen molar-refractivity contribution in [2.75, 3.05) is 11.2 Å². The van der Waals surface area contributed by atoms with Crippen molar-refractivity contribution in [3.63, 3.8) is 0 Å². The molecular formula is C21H17ClN4O2S. The molecule has 3 heterocycles. The molecule has 0 atom stereocenters. The predicted molar refractivity (Wildman–Crippen MR) is 115 cm³/mol. The summed E-state index contributed by atoms with van der Waals surface area (Å²) in [7, 11) is 0. The largest absolute Gasteiger partial charge is 0.326 e. The van der Waals surface area contributed by atoms with Crippen LogP contribution in [-0.2, 0) is 4.79 Å². The lowest BCUT2D eigenvalue weighted by atomic mass is 10.1. The number of rotatable bonds is 7. The molecule has 0 bridgehead atoms. The lowest BCUT2D eigenvalue weighted by molar-refractivity contribution is -0.116. The third-order valence-electron chi connectivity index (χ3n) is 4.37. The van der Waals surface area contributed by atoms with Crippen LogP contribution in [0.4, 0.5) is 5.69 Å². The first-order valence-electron chi connectivity index (χ1n) is 9.04. The van der Waals surface area contributed by atoms with Gasteiger partial charge in [0.25, 0.3) is 0 Å². The molecule has 0 unspecified atom stereocenters. The maximum atomic E-state index is 12.8. The van der Waals surface area contributed by atoms with Gasteiger partial charge in [-0.3, -0.25) is 9.59 Å². The van der Waals surface area contributed by atoms with Crippen molar-refractivity contribution >= 4 is 46.0 Å². The van der Waals surface area contributed by atoms with Gasteiger partial charge >= 0.3 is 0 Å². The summed E-state index contributed by atoms with van der Waals surface area (Å²) < 4.78 is 1.65. The third-order valence-corrected chi connectivity index (χ3v) is 5.51. The van der Waals surface area contributed by atoms with Gasteiger partial charge in [0.2, 0.25) is 11.7 Å². The SMILES string of the molecule is O=C(CCCCl)Nc1cccc(-c2ccnc3c(C(=O)c4cccs4)cnn23)c1. The van der Waals surface area contributed by atoms with Crippen LogP contribution >= 0.6 is 22.9 Å². The number of anilines is 1. The number of aromatic nitrogens is 3. The molecule has 29 heavy (non-hydrogen) atoms. The van der Waals surface area contributed by atoms with Crippen molar-refractivity contribution in [1.82, 2.24) is 14.6 Å². The average molecular weight is 425 g/mol. The highest BCUT2D eigenvalue weighted by Gasteiger charge is 2.18. The number of thiophene rings is 1. The van der Waals surface area contributed by atoms with E-state index in [4.69, 9.17) is 11.6 Å². The van der Waals surface area contributed by atoms with Crippen LogP contribution in [-0.4, -0.2) is 32.2 Å². The van der Waals surface area contributed by atoms with E-state index in [0.717, 1.165) is 11.3 Å². The number of hydrogen-bond acceptors (Lipinski definition) is 5. The highest BCUT2D eigenvalue weighted by atomic mass is 35.5. The molecule has 0 saturated heterocycles. The van der Waals surface area contributed by atoms with Gasteiger partial charge in [0.05, 0.1) is 22.3 Å². The van der Waals surface area contributed by atoms with Gasteiger partial charge in [-0.1, -0.05) is 18.2 Å². The third kappa shape index (κ3) is 4.06. The molecule has 1 amide bonds. The lowest BCUT2D eigenvalue weighted by Gasteiger charge is -2.09. The van der Waals surface area contributed by atoms with Crippen molar-refractivity contribution in [2.45, 2.75) is 12.8 Å². The maximum Gasteiger partial charge on any atom is 0.224 e. The van der Waals surface area contributed by atoms with Crippen molar-refractivity contribution in [2.24, 2.45) is 0 Å². The minimum atomic E-state index is -0.0973. The van der Waals surface area contributed by atoms with Crippen LogP contribution in [0.2, 0.25) is 0 Å². The van der Waals surface area contributed by atoms with Gasteiger partial charge in [-0.2, -0.15) is 5.10 Å². The van der Waals surface area contributed by atoms with Gasteiger partial charge in [0.1, 0.15) is 0 Å². The number of amides is 1. The van der Waals surface area contributed by atoms with E-state index in [1.807, 2.05) is 41.8 Å². The van der Waals surface area contributed by atoms with Crippen LogP contribution in [0.3, 0.4) is 0 Å². The lowest BCUT2D eigenvalue weighted by Crippen LogP contribution is -2.11. The van der Waals surface area contributed by atoms with Crippen LogP contribution < -0.4 is 5.32 Å². The Labute approximate surface area is 176 Å². The number of fused-ring (bicyclic) bond motifs is 1. The summed E-state index contributed by atoms with van der Waals surface area (Å²) in [6, 6.07) is 12.9. The second-order valence-electron chi connectivity index (χ2n) is 6.35. The number of halogens is 1. The normalized spacial score (nSPS) is 10.9. The molecular weight excluding hydrogens is 408 g/mol. The van der Waals surface area contributed by atoms with Gasteiger partial charge in [-0.15, -0.1) is 22.9 Å². The molecule has 8 heteroatoms. The van der Waals surface area contributed by atoms with Gasteiger partial charge in [0.15, 0.2) is 5.65 Å². The van der Waals surface area contributed by atoms with Crippen LogP contribution in [0.5, 0.6) is 0 Å². The Bertz CT molecular complexity index is 1170. The van der Waals surface area contributed by atoms with Crippen LogP contribution in [0.1, 0.15) is 28.1 Å². The molecule has 1 aromatic carbocycles. The first-order valence-corrected chi connectivity index (χ1v) is 10.5. The molecule has 0 aliphatic carbocycles. The Hall–Kier alpha value is -3.03. The van der Waals surface area contributed by atoms with E-state index in [9.17, 15) is 9.59 Å². The topological polar surface area (TPSA) is 76.4 Å². The number of nitrogens with zero attached hydrogens (tertiary/aromatic N) is 3. The zero-order valence-electron chi connectivity index (χ0n) is 15.3. The average Bonchev–Trinajstić information content (AvgIpc) is 3.42. The molecule has 0 aliphatic rings. The first-order chi connectivity index (χ1) is 14.2. The molecule has 0 fully saturated rings. The summed E-state index contributed by atoms with van der Waals surface area (Å²) in [5.41, 5.74) is 3.27. The van der Waals surface area contributed by atoms with E-state index in [1.165, 1.54) is 11.3 Å². The summed E-state index contributed by atoms with van der Waals surface area (Å²) >= 11 is 7.04. The van der Waals surface area contributed by atoms with E-state index >= 15 is 0 Å². The Morgan fingerprint density at radius 2 is 2.07 bits per heavy atom. The number of carbonyl (C=O) groups excluding carboxylic acids is 2. The van der Waals surface area contributed by atoms with Gasteiger partial charge < -0.3 is 5.32 Å². The molecule has 1 N–H and O–H groups in total. The summed E-state index contributed by atoms with van der Waals surface area (Å²) in [6.45, 7) is 0. The fourth-order valence-corrected chi connectivity index (χ4v) is 3.83. The summed E-state index contributed by atoms with van der Waals surface area (Å²) in [4.78, 5) is 29.8. The van der Waals surface area contributed by atoms with Crippen LogP contribution in [0.15, 0.2) is 60.2 Å². The van der Waals surface area contributed by atoms with Gasteiger partial charge in [-0.05, 0) is 36.1 Å². The minimum Gasteiger partial charge on any atom is -0.326 e. The highest BCUT2D eigenvalue weighted by Crippen LogP contribution is 2.25. The maximum absolute atomic E-state index is 12.8.